The summed E-state index contributed by atoms with van der Waals surface area (Å²) in [6.45, 7) is 2.47. The monoisotopic (exact) mass is 345 g/mol. The van der Waals surface area contributed by atoms with Crippen molar-refractivity contribution in [1.82, 2.24) is 5.32 Å². The second-order valence-electron chi connectivity index (χ2n) is 4.26. The minimum Gasteiger partial charge on any atom is -0.326 e. The maximum atomic E-state index is 12.0. The van der Waals surface area contributed by atoms with E-state index in [-0.39, 0.29) is 18.2 Å². The van der Waals surface area contributed by atoms with Gasteiger partial charge in [0.15, 0.2) is 5.17 Å². The zero-order valence-electron chi connectivity index (χ0n) is 11.2. The fourth-order valence-corrected chi connectivity index (χ4v) is 3.04. The van der Waals surface area contributed by atoms with Crippen LogP contribution in [0, 0.1) is 0 Å². The van der Waals surface area contributed by atoms with Crippen molar-refractivity contribution in [3.8, 4) is 0 Å². The van der Waals surface area contributed by atoms with Gasteiger partial charge < -0.3 is 10.6 Å². The zero-order valence-corrected chi connectivity index (χ0v) is 13.5. The summed E-state index contributed by atoms with van der Waals surface area (Å²) >= 11 is 13.0. The molecule has 0 radical (unpaired) electrons. The van der Waals surface area contributed by atoms with E-state index in [0.29, 0.717) is 27.4 Å². The first-order chi connectivity index (χ1) is 9.99. The maximum absolute atomic E-state index is 12.0. The Hall–Kier alpha value is -1.24. The predicted molar refractivity (Wildman–Crippen MR) is 87.2 cm³/mol. The van der Waals surface area contributed by atoms with Gasteiger partial charge >= 0.3 is 0 Å². The van der Waals surface area contributed by atoms with Crippen LogP contribution in [0.15, 0.2) is 23.2 Å². The molecule has 2 amide bonds. The van der Waals surface area contributed by atoms with Crippen molar-refractivity contribution < 1.29 is 9.59 Å². The van der Waals surface area contributed by atoms with Crippen molar-refractivity contribution >= 4 is 57.6 Å². The molecular weight excluding hydrogens is 333 g/mol. The molecule has 0 spiro atoms. The molecule has 1 aromatic carbocycles. The lowest BCUT2D eigenvalue weighted by atomic mass is 10.2. The summed E-state index contributed by atoms with van der Waals surface area (Å²) in [6, 6.07) is 4.81. The van der Waals surface area contributed by atoms with Crippen LogP contribution in [0.2, 0.25) is 10.0 Å². The van der Waals surface area contributed by atoms with Gasteiger partial charge in [0.1, 0.15) is 5.25 Å². The number of benzene rings is 1. The van der Waals surface area contributed by atoms with Gasteiger partial charge in [-0.2, -0.15) is 0 Å². The van der Waals surface area contributed by atoms with E-state index in [1.807, 2.05) is 6.92 Å². The standard InChI is InChI=1S/C13H13Cl2N3O2S/c1-2-16-13-18-12(20)10(21-13)6-11(19)17-7-3-4-8(14)9(15)5-7/h3-5,10H,2,6H2,1H3,(H,17,19)(H,16,18,20)/t10-/m1/s1. The number of halogens is 2. The molecule has 0 saturated carbocycles. The Balaban J connectivity index is 1.94. The number of amides is 2. The van der Waals surface area contributed by atoms with E-state index in [1.54, 1.807) is 18.2 Å². The Bertz CT molecular complexity index is 607. The Kier molecular flexibility index (Phi) is 5.50. The third kappa shape index (κ3) is 4.36. The molecule has 1 atom stereocenters. The predicted octanol–water partition coefficient (Wildman–Crippen LogP) is 2.93. The number of hydrogen-bond donors (Lipinski definition) is 2. The number of hydrogen-bond acceptors (Lipinski definition) is 4. The molecule has 2 N–H and O–H groups in total. The van der Waals surface area contributed by atoms with E-state index < -0.39 is 5.25 Å². The Morgan fingerprint density at radius 2 is 2.19 bits per heavy atom. The third-order valence-electron chi connectivity index (χ3n) is 2.65. The minimum atomic E-state index is -0.460. The van der Waals surface area contributed by atoms with Gasteiger partial charge in [-0.15, -0.1) is 0 Å². The van der Waals surface area contributed by atoms with Crippen molar-refractivity contribution in [2.45, 2.75) is 18.6 Å². The number of rotatable bonds is 4. The van der Waals surface area contributed by atoms with Crippen molar-refractivity contribution in [2.24, 2.45) is 4.99 Å². The van der Waals surface area contributed by atoms with Crippen LogP contribution >= 0.6 is 35.0 Å². The van der Waals surface area contributed by atoms with Crippen molar-refractivity contribution in [3.63, 3.8) is 0 Å². The van der Waals surface area contributed by atoms with Crippen LogP contribution in [0.3, 0.4) is 0 Å². The smallest absolute Gasteiger partial charge is 0.240 e. The molecule has 1 aliphatic rings. The number of carbonyl (C=O) groups is 2. The van der Waals surface area contributed by atoms with Crippen LogP contribution in [-0.4, -0.2) is 28.8 Å². The molecule has 0 aromatic heterocycles. The zero-order chi connectivity index (χ0) is 15.4. The average Bonchev–Trinajstić information content (AvgIpc) is 2.74. The molecule has 1 saturated heterocycles. The van der Waals surface area contributed by atoms with Crippen LogP contribution < -0.4 is 10.6 Å². The summed E-state index contributed by atoms with van der Waals surface area (Å²) < 4.78 is 0. The SMILES string of the molecule is CCN=C1NC(=O)[C@@H](CC(=O)Nc2ccc(Cl)c(Cl)c2)S1. The van der Waals surface area contributed by atoms with Crippen molar-refractivity contribution in [2.75, 3.05) is 11.9 Å². The summed E-state index contributed by atoms with van der Waals surface area (Å²) in [7, 11) is 0. The summed E-state index contributed by atoms with van der Waals surface area (Å²) in [5, 5.41) is 6.22. The number of carbonyl (C=O) groups excluding carboxylic acids is 2. The number of thioether (sulfide) groups is 1. The molecule has 5 nitrogen and oxygen atoms in total. The second-order valence-corrected chi connectivity index (χ2v) is 6.26. The van der Waals surface area contributed by atoms with Gasteiger partial charge in [0.05, 0.1) is 10.0 Å². The van der Waals surface area contributed by atoms with Crippen molar-refractivity contribution in [3.05, 3.63) is 28.2 Å². The first kappa shape index (κ1) is 16.1. The van der Waals surface area contributed by atoms with E-state index in [4.69, 9.17) is 23.2 Å². The minimum absolute atomic E-state index is 0.0689. The first-order valence-electron chi connectivity index (χ1n) is 6.26. The van der Waals surface area contributed by atoms with Crippen LogP contribution in [0.25, 0.3) is 0 Å². The summed E-state index contributed by atoms with van der Waals surface area (Å²) in [5.41, 5.74) is 0.542. The molecule has 1 heterocycles. The number of amidine groups is 1. The molecular formula is C13H13Cl2N3O2S. The van der Waals surface area contributed by atoms with Gasteiger partial charge in [0.2, 0.25) is 11.8 Å². The highest BCUT2D eigenvalue weighted by Crippen LogP contribution is 2.26. The molecule has 21 heavy (non-hydrogen) atoms. The topological polar surface area (TPSA) is 70.6 Å². The lowest BCUT2D eigenvalue weighted by Gasteiger charge is -2.08. The summed E-state index contributed by atoms with van der Waals surface area (Å²) in [5.74, 6) is -0.463. The lowest BCUT2D eigenvalue weighted by molar-refractivity contribution is -0.122. The largest absolute Gasteiger partial charge is 0.326 e. The molecule has 0 unspecified atom stereocenters. The molecule has 0 aliphatic carbocycles. The van der Waals surface area contributed by atoms with Crippen LogP contribution in [0.1, 0.15) is 13.3 Å². The molecule has 2 rings (SSSR count). The number of aliphatic imine (C=N–C) groups is 1. The quantitative estimate of drug-likeness (QED) is 0.881. The Labute approximate surface area is 136 Å². The van der Waals surface area contributed by atoms with Gasteiger partial charge in [0, 0.05) is 18.7 Å². The van der Waals surface area contributed by atoms with Crippen LogP contribution in [0.5, 0.6) is 0 Å². The highest BCUT2D eigenvalue weighted by atomic mass is 35.5. The molecule has 1 fully saturated rings. The van der Waals surface area contributed by atoms with Gasteiger partial charge in [-0.3, -0.25) is 14.6 Å². The summed E-state index contributed by atoms with van der Waals surface area (Å²) in [6.07, 6.45) is 0.0689. The number of anilines is 1. The highest BCUT2D eigenvalue weighted by Gasteiger charge is 2.31. The molecule has 112 valence electrons. The van der Waals surface area contributed by atoms with Crippen molar-refractivity contribution in [1.29, 1.82) is 0 Å². The van der Waals surface area contributed by atoms with Gasteiger partial charge in [-0.05, 0) is 25.1 Å². The van der Waals surface area contributed by atoms with E-state index in [9.17, 15) is 9.59 Å². The lowest BCUT2D eigenvalue weighted by Crippen LogP contribution is -2.28. The molecule has 8 heteroatoms. The third-order valence-corrected chi connectivity index (χ3v) is 4.51. The van der Waals surface area contributed by atoms with Gasteiger partial charge in [0.25, 0.3) is 0 Å². The van der Waals surface area contributed by atoms with Crippen LogP contribution in [-0.2, 0) is 9.59 Å². The first-order valence-corrected chi connectivity index (χ1v) is 7.90. The van der Waals surface area contributed by atoms with E-state index in [0.717, 1.165) is 0 Å². The number of nitrogens with one attached hydrogen (secondary N) is 2. The maximum Gasteiger partial charge on any atom is 0.240 e. The second kappa shape index (κ2) is 7.15. The highest BCUT2D eigenvalue weighted by molar-refractivity contribution is 8.15. The fraction of sp³-hybridized carbons (Fsp3) is 0.308. The van der Waals surface area contributed by atoms with Gasteiger partial charge in [-0.1, -0.05) is 35.0 Å². The van der Waals surface area contributed by atoms with E-state index in [2.05, 4.69) is 15.6 Å². The van der Waals surface area contributed by atoms with Crippen LogP contribution in [0.4, 0.5) is 5.69 Å². The number of nitrogens with zero attached hydrogens (tertiary/aromatic N) is 1. The Morgan fingerprint density at radius 3 is 2.86 bits per heavy atom. The Morgan fingerprint density at radius 1 is 1.43 bits per heavy atom. The molecule has 0 bridgehead atoms. The normalized spacial score (nSPS) is 19.7. The molecule has 1 aliphatic heterocycles. The summed E-state index contributed by atoms with van der Waals surface area (Å²) in [4.78, 5) is 27.8. The van der Waals surface area contributed by atoms with E-state index >= 15 is 0 Å². The molecule has 1 aromatic rings. The fourth-order valence-electron chi connectivity index (χ4n) is 1.71. The van der Waals surface area contributed by atoms with E-state index in [1.165, 1.54) is 11.8 Å². The average molecular weight is 346 g/mol. The van der Waals surface area contributed by atoms with Gasteiger partial charge in [-0.25, -0.2) is 0 Å².